The van der Waals surface area contributed by atoms with Gasteiger partial charge in [0.15, 0.2) is 0 Å². The first-order valence-electron chi connectivity index (χ1n) is 7.02. The van der Waals surface area contributed by atoms with E-state index in [1.807, 2.05) is 0 Å². The quantitative estimate of drug-likeness (QED) is 0.680. The van der Waals surface area contributed by atoms with Crippen LogP contribution in [0, 0.1) is 0 Å². The lowest BCUT2D eigenvalue weighted by atomic mass is 10.2. The maximum atomic E-state index is 2.53. The van der Waals surface area contributed by atoms with Gasteiger partial charge in [-0.05, 0) is 31.2 Å². The SMILES string of the molecule is C(CN(CC=C1CC1)Cc1ccccc1)=C1CC1. The van der Waals surface area contributed by atoms with Gasteiger partial charge < -0.3 is 0 Å². The molecule has 2 fully saturated rings. The summed E-state index contributed by atoms with van der Waals surface area (Å²) in [7, 11) is 0. The third-order valence-electron chi connectivity index (χ3n) is 3.60. The Bertz CT molecular complexity index is 420. The van der Waals surface area contributed by atoms with Crippen LogP contribution in [0.3, 0.4) is 0 Å². The van der Waals surface area contributed by atoms with Crippen LogP contribution in [-0.4, -0.2) is 18.0 Å². The van der Waals surface area contributed by atoms with Gasteiger partial charge in [-0.25, -0.2) is 0 Å². The highest BCUT2D eigenvalue weighted by atomic mass is 15.1. The van der Waals surface area contributed by atoms with Crippen LogP contribution in [0.15, 0.2) is 53.6 Å². The Morgan fingerprint density at radius 3 is 1.89 bits per heavy atom. The molecule has 1 aromatic carbocycles. The van der Waals surface area contributed by atoms with Crippen molar-refractivity contribution in [3.63, 3.8) is 0 Å². The summed E-state index contributed by atoms with van der Waals surface area (Å²) in [6.45, 7) is 3.27. The van der Waals surface area contributed by atoms with Crippen molar-refractivity contribution in [2.24, 2.45) is 0 Å². The van der Waals surface area contributed by atoms with Gasteiger partial charge in [0, 0.05) is 19.6 Å². The van der Waals surface area contributed by atoms with Crippen molar-refractivity contribution in [1.29, 1.82) is 0 Å². The lowest BCUT2D eigenvalue weighted by molar-refractivity contribution is 0.327. The van der Waals surface area contributed by atoms with E-state index < -0.39 is 0 Å². The molecule has 3 rings (SSSR count). The van der Waals surface area contributed by atoms with Gasteiger partial charge in [-0.15, -0.1) is 0 Å². The summed E-state index contributed by atoms with van der Waals surface area (Å²) in [6, 6.07) is 10.8. The van der Waals surface area contributed by atoms with Gasteiger partial charge in [-0.3, -0.25) is 4.90 Å². The molecule has 0 saturated heterocycles. The monoisotopic (exact) mass is 239 g/mol. The van der Waals surface area contributed by atoms with E-state index >= 15 is 0 Å². The highest BCUT2D eigenvalue weighted by Gasteiger charge is 2.13. The molecule has 94 valence electrons. The normalized spacial score (nSPS) is 16.9. The summed E-state index contributed by atoms with van der Waals surface area (Å²) in [5.41, 5.74) is 4.71. The molecule has 0 spiro atoms. The maximum Gasteiger partial charge on any atom is 0.0240 e. The Labute approximate surface area is 110 Å². The van der Waals surface area contributed by atoms with Crippen LogP contribution in [0.2, 0.25) is 0 Å². The fourth-order valence-corrected chi connectivity index (χ4v) is 2.11. The third-order valence-corrected chi connectivity index (χ3v) is 3.60. The number of allylic oxidation sites excluding steroid dienone is 2. The zero-order valence-electron chi connectivity index (χ0n) is 10.9. The Morgan fingerprint density at radius 1 is 0.833 bits per heavy atom. The minimum atomic E-state index is 1.06. The summed E-state index contributed by atoms with van der Waals surface area (Å²) in [4.78, 5) is 2.53. The van der Waals surface area contributed by atoms with Crippen molar-refractivity contribution < 1.29 is 0 Å². The average Bonchev–Trinajstić information content (AvgIpc) is 3.28. The predicted molar refractivity (Wildman–Crippen MR) is 76.4 cm³/mol. The number of rotatable bonds is 6. The second-order valence-corrected chi connectivity index (χ2v) is 5.40. The van der Waals surface area contributed by atoms with E-state index in [1.165, 1.54) is 31.2 Å². The van der Waals surface area contributed by atoms with Gasteiger partial charge in [-0.1, -0.05) is 53.6 Å². The molecule has 1 heteroatoms. The van der Waals surface area contributed by atoms with Crippen LogP contribution in [0.4, 0.5) is 0 Å². The van der Waals surface area contributed by atoms with Crippen molar-refractivity contribution in [1.82, 2.24) is 4.90 Å². The molecule has 0 aliphatic heterocycles. The summed E-state index contributed by atoms with van der Waals surface area (Å²) in [5.74, 6) is 0. The standard InChI is InChI=1S/C17H21N/c1-2-4-17(5-3-1)14-18(12-10-15-6-7-15)13-11-16-8-9-16/h1-5,10-11H,6-9,12-14H2. The highest BCUT2D eigenvalue weighted by Crippen LogP contribution is 2.28. The zero-order chi connectivity index (χ0) is 12.2. The van der Waals surface area contributed by atoms with Gasteiger partial charge in [0.05, 0.1) is 0 Å². The zero-order valence-corrected chi connectivity index (χ0v) is 10.9. The van der Waals surface area contributed by atoms with Crippen LogP contribution in [0.1, 0.15) is 31.2 Å². The number of nitrogens with zero attached hydrogens (tertiary/aromatic N) is 1. The van der Waals surface area contributed by atoms with Crippen molar-refractivity contribution in [2.45, 2.75) is 32.2 Å². The Balaban J connectivity index is 1.59. The molecule has 0 bridgehead atoms. The van der Waals surface area contributed by atoms with E-state index in [0.29, 0.717) is 0 Å². The number of benzene rings is 1. The van der Waals surface area contributed by atoms with E-state index in [0.717, 1.165) is 19.6 Å². The van der Waals surface area contributed by atoms with E-state index in [-0.39, 0.29) is 0 Å². The molecule has 2 aliphatic carbocycles. The van der Waals surface area contributed by atoms with Gasteiger partial charge in [0.1, 0.15) is 0 Å². The largest absolute Gasteiger partial charge is 0.292 e. The van der Waals surface area contributed by atoms with Crippen molar-refractivity contribution >= 4 is 0 Å². The molecule has 0 amide bonds. The average molecular weight is 239 g/mol. The minimum absolute atomic E-state index is 1.06. The predicted octanol–water partition coefficient (Wildman–Crippen LogP) is 3.93. The van der Waals surface area contributed by atoms with E-state index in [1.54, 1.807) is 11.1 Å². The molecular formula is C17H21N. The van der Waals surface area contributed by atoms with Gasteiger partial charge in [-0.2, -0.15) is 0 Å². The van der Waals surface area contributed by atoms with Gasteiger partial charge in [0.25, 0.3) is 0 Å². The number of hydrogen-bond acceptors (Lipinski definition) is 1. The lowest BCUT2D eigenvalue weighted by Gasteiger charge is -2.19. The lowest BCUT2D eigenvalue weighted by Crippen LogP contribution is -2.23. The van der Waals surface area contributed by atoms with Crippen LogP contribution in [0.5, 0.6) is 0 Å². The fraction of sp³-hybridized carbons (Fsp3) is 0.412. The molecule has 0 radical (unpaired) electrons. The summed E-state index contributed by atoms with van der Waals surface area (Å²) >= 11 is 0. The second kappa shape index (κ2) is 5.53. The Morgan fingerprint density at radius 2 is 1.39 bits per heavy atom. The van der Waals surface area contributed by atoms with Crippen LogP contribution in [-0.2, 0) is 6.54 Å². The molecule has 1 nitrogen and oxygen atoms in total. The van der Waals surface area contributed by atoms with E-state index in [2.05, 4.69) is 47.4 Å². The smallest absolute Gasteiger partial charge is 0.0240 e. The van der Waals surface area contributed by atoms with Crippen molar-refractivity contribution in [2.75, 3.05) is 13.1 Å². The third kappa shape index (κ3) is 3.85. The van der Waals surface area contributed by atoms with E-state index in [4.69, 9.17) is 0 Å². The molecule has 0 heterocycles. The Hall–Kier alpha value is -1.34. The summed E-state index contributed by atoms with van der Waals surface area (Å²) in [6.07, 6.45) is 10.2. The maximum absolute atomic E-state index is 2.53. The number of hydrogen-bond donors (Lipinski definition) is 0. The highest BCUT2D eigenvalue weighted by molar-refractivity contribution is 5.20. The van der Waals surface area contributed by atoms with E-state index in [9.17, 15) is 0 Å². The molecule has 2 aliphatic rings. The molecule has 1 aromatic rings. The summed E-state index contributed by atoms with van der Waals surface area (Å²) < 4.78 is 0. The van der Waals surface area contributed by atoms with Crippen molar-refractivity contribution in [3.8, 4) is 0 Å². The molecule has 0 atom stereocenters. The fourth-order valence-electron chi connectivity index (χ4n) is 2.11. The Kier molecular flexibility index (Phi) is 3.61. The first-order valence-corrected chi connectivity index (χ1v) is 7.02. The molecule has 18 heavy (non-hydrogen) atoms. The first-order chi connectivity index (χ1) is 8.90. The molecule has 0 unspecified atom stereocenters. The van der Waals surface area contributed by atoms with Crippen LogP contribution in [0.25, 0.3) is 0 Å². The molecule has 0 N–H and O–H groups in total. The second-order valence-electron chi connectivity index (χ2n) is 5.40. The molecule has 0 aromatic heterocycles. The van der Waals surface area contributed by atoms with Gasteiger partial charge >= 0.3 is 0 Å². The first kappa shape index (κ1) is 11.7. The van der Waals surface area contributed by atoms with Crippen molar-refractivity contribution in [3.05, 3.63) is 59.2 Å². The molecular weight excluding hydrogens is 218 g/mol. The van der Waals surface area contributed by atoms with Gasteiger partial charge in [0.2, 0.25) is 0 Å². The minimum Gasteiger partial charge on any atom is -0.292 e. The summed E-state index contributed by atoms with van der Waals surface area (Å²) in [5, 5.41) is 0. The van der Waals surface area contributed by atoms with Crippen LogP contribution >= 0.6 is 0 Å². The topological polar surface area (TPSA) is 3.24 Å². The van der Waals surface area contributed by atoms with Crippen LogP contribution < -0.4 is 0 Å². The molecule has 2 saturated carbocycles.